The van der Waals surface area contributed by atoms with Crippen molar-refractivity contribution in [1.82, 2.24) is 0 Å². The van der Waals surface area contributed by atoms with Gasteiger partial charge in [0, 0.05) is 11.8 Å². The van der Waals surface area contributed by atoms with E-state index >= 15 is 0 Å². The van der Waals surface area contributed by atoms with E-state index in [1.54, 1.807) is 0 Å². The van der Waals surface area contributed by atoms with Crippen LogP contribution in [0.15, 0.2) is 42.1 Å². The van der Waals surface area contributed by atoms with E-state index in [2.05, 4.69) is 11.4 Å². The molecule has 1 saturated heterocycles. The minimum atomic E-state index is 0.216. The number of anilines is 1. The number of para-hydroxylation sites is 1. The van der Waals surface area contributed by atoms with Crippen LogP contribution in [-0.2, 0) is 9.53 Å². The molecule has 0 bridgehead atoms. The average molecular weight is 259 g/mol. The summed E-state index contributed by atoms with van der Waals surface area (Å²) in [6.07, 6.45) is 2.71. The summed E-state index contributed by atoms with van der Waals surface area (Å²) in [6, 6.07) is 10.2. The maximum absolute atomic E-state index is 12.1. The van der Waals surface area contributed by atoms with Gasteiger partial charge in [-0.1, -0.05) is 18.2 Å². The van der Waals surface area contributed by atoms with Crippen molar-refractivity contribution in [2.45, 2.75) is 12.5 Å². The fourth-order valence-corrected chi connectivity index (χ4v) is 2.72. The molecule has 0 aromatic heterocycles. The quantitative estimate of drug-likeness (QED) is 0.817. The maximum Gasteiger partial charge on any atom is 0.185 e. The second-order valence-electron chi connectivity index (χ2n) is 5.08. The second-order valence-corrected chi connectivity index (χ2v) is 5.08. The number of carbonyl (C=O) groups is 1. The SMILES string of the molecule is O=C1C[C@H]([NH+]2CCOCC2)C=C1Nc1ccccc1. The Morgan fingerprint density at radius 2 is 1.89 bits per heavy atom. The summed E-state index contributed by atoms with van der Waals surface area (Å²) < 4.78 is 5.37. The highest BCUT2D eigenvalue weighted by atomic mass is 16.5. The predicted octanol–water partition coefficient (Wildman–Crippen LogP) is 0.239. The molecule has 0 saturated carbocycles. The van der Waals surface area contributed by atoms with Gasteiger partial charge in [-0.05, 0) is 12.1 Å². The molecule has 1 aliphatic heterocycles. The Kier molecular flexibility index (Phi) is 3.62. The van der Waals surface area contributed by atoms with E-state index in [9.17, 15) is 4.79 Å². The molecule has 1 aliphatic carbocycles. The van der Waals surface area contributed by atoms with E-state index in [-0.39, 0.29) is 5.78 Å². The third-order valence-electron chi connectivity index (χ3n) is 3.79. The average Bonchev–Trinajstić information content (AvgIpc) is 2.82. The van der Waals surface area contributed by atoms with Crippen molar-refractivity contribution in [3.63, 3.8) is 0 Å². The van der Waals surface area contributed by atoms with Gasteiger partial charge in [0.1, 0.15) is 19.1 Å². The van der Waals surface area contributed by atoms with Gasteiger partial charge in [0.25, 0.3) is 0 Å². The molecule has 1 heterocycles. The number of ether oxygens (including phenoxy) is 1. The highest BCUT2D eigenvalue weighted by molar-refractivity contribution is 6.00. The molecule has 3 rings (SSSR count). The molecule has 1 atom stereocenters. The number of rotatable bonds is 3. The topological polar surface area (TPSA) is 42.8 Å². The lowest BCUT2D eigenvalue weighted by molar-refractivity contribution is -0.925. The van der Waals surface area contributed by atoms with Crippen LogP contribution >= 0.6 is 0 Å². The van der Waals surface area contributed by atoms with Crippen LogP contribution in [0.25, 0.3) is 0 Å². The predicted molar refractivity (Wildman–Crippen MR) is 73.1 cm³/mol. The number of quaternary nitrogens is 1. The molecule has 0 spiro atoms. The lowest BCUT2D eigenvalue weighted by Crippen LogP contribution is -3.17. The zero-order chi connectivity index (χ0) is 13.1. The van der Waals surface area contributed by atoms with E-state index in [4.69, 9.17) is 4.74 Å². The molecule has 1 aromatic rings. The number of Topliss-reactive ketones (excluding diaryl/α,β-unsaturated/α-hetero) is 1. The summed E-state index contributed by atoms with van der Waals surface area (Å²) in [5, 5.41) is 3.23. The van der Waals surface area contributed by atoms with Crippen LogP contribution in [0.2, 0.25) is 0 Å². The summed E-state index contributed by atoms with van der Waals surface area (Å²) in [7, 11) is 0. The van der Waals surface area contributed by atoms with Crippen LogP contribution in [0.4, 0.5) is 5.69 Å². The Hall–Kier alpha value is -1.65. The van der Waals surface area contributed by atoms with Crippen molar-refractivity contribution >= 4 is 11.5 Å². The smallest absolute Gasteiger partial charge is 0.185 e. The molecule has 0 amide bonds. The minimum Gasteiger partial charge on any atom is -0.370 e. The first-order chi connectivity index (χ1) is 9.33. The van der Waals surface area contributed by atoms with Gasteiger partial charge in [-0.25, -0.2) is 0 Å². The first kappa shape index (κ1) is 12.4. The second kappa shape index (κ2) is 5.55. The van der Waals surface area contributed by atoms with Gasteiger partial charge in [-0.2, -0.15) is 0 Å². The fraction of sp³-hybridized carbons (Fsp3) is 0.400. The third kappa shape index (κ3) is 2.85. The molecule has 2 aliphatic rings. The van der Waals surface area contributed by atoms with E-state index in [0.717, 1.165) is 37.7 Å². The third-order valence-corrected chi connectivity index (χ3v) is 3.79. The molecule has 2 N–H and O–H groups in total. The van der Waals surface area contributed by atoms with Crippen molar-refractivity contribution in [3.05, 3.63) is 42.1 Å². The fourth-order valence-electron chi connectivity index (χ4n) is 2.72. The number of hydrogen-bond donors (Lipinski definition) is 2. The monoisotopic (exact) mass is 259 g/mol. The Morgan fingerprint density at radius 1 is 1.16 bits per heavy atom. The number of hydrogen-bond acceptors (Lipinski definition) is 3. The van der Waals surface area contributed by atoms with E-state index in [1.165, 1.54) is 4.90 Å². The van der Waals surface area contributed by atoms with Gasteiger partial charge < -0.3 is 15.0 Å². The normalized spacial score (nSPS) is 24.3. The molecular weight excluding hydrogens is 240 g/mol. The summed E-state index contributed by atoms with van der Waals surface area (Å²) in [6.45, 7) is 3.59. The van der Waals surface area contributed by atoms with Crippen molar-refractivity contribution in [1.29, 1.82) is 0 Å². The van der Waals surface area contributed by atoms with Crippen LogP contribution in [-0.4, -0.2) is 38.1 Å². The van der Waals surface area contributed by atoms with E-state index in [1.807, 2.05) is 30.3 Å². The first-order valence-electron chi connectivity index (χ1n) is 6.82. The number of allylic oxidation sites excluding steroid dienone is 1. The number of benzene rings is 1. The zero-order valence-corrected chi connectivity index (χ0v) is 10.9. The molecule has 0 radical (unpaired) electrons. The first-order valence-corrected chi connectivity index (χ1v) is 6.82. The lowest BCUT2D eigenvalue weighted by Gasteiger charge is -2.27. The molecule has 4 nitrogen and oxygen atoms in total. The Bertz CT molecular complexity index is 478. The van der Waals surface area contributed by atoms with Crippen molar-refractivity contribution in [2.75, 3.05) is 31.6 Å². The summed E-state index contributed by atoms with van der Waals surface area (Å²) in [4.78, 5) is 13.5. The lowest BCUT2D eigenvalue weighted by atomic mass is 10.2. The molecule has 100 valence electrons. The Labute approximate surface area is 113 Å². The van der Waals surface area contributed by atoms with Gasteiger partial charge in [-0.15, -0.1) is 0 Å². The van der Waals surface area contributed by atoms with Gasteiger partial charge in [-0.3, -0.25) is 4.79 Å². The Morgan fingerprint density at radius 3 is 2.63 bits per heavy atom. The molecule has 1 aromatic carbocycles. The molecule has 19 heavy (non-hydrogen) atoms. The molecule has 4 heteroatoms. The number of ketones is 1. The standard InChI is InChI=1S/C15H18N2O2/c18-15-11-13(17-6-8-19-9-7-17)10-14(15)16-12-4-2-1-3-5-12/h1-5,10,13,16H,6-9,11H2/p+1/t13-/m1/s1. The van der Waals surface area contributed by atoms with Gasteiger partial charge in [0.15, 0.2) is 5.78 Å². The Balaban J connectivity index is 1.69. The van der Waals surface area contributed by atoms with Crippen LogP contribution in [0.1, 0.15) is 6.42 Å². The zero-order valence-electron chi connectivity index (χ0n) is 10.9. The largest absolute Gasteiger partial charge is 0.370 e. The van der Waals surface area contributed by atoms with Gasteiger partial charge in [0.2, 0.25) is 0 Å². The summed E-state index contributed by atoms with van der Waals surface area (Å²) in [5.41, 5.74) is 1.72. The van der Waals surface area contributed by atoms with Crippen molar-refractivity contribution < 1.29 is 14.4 Å². The van der Waals surface area contributed by atoms with Crippen LogP contribution < -0.4 is 10.2 Å². The van der Waals surface area contributed by atoms with E-state index < -0.39 is 0 Å². The maximum atomic E-state index is 12.1. The summed E-state index contributed by atoms with van der Waals surface area (Å²) >= 11 is 0. The highest BCUT2D eigenvalue weighted by Crippen LogP contribution is 2.17. The number of carbonyl (C=O) groups excluding carboxylic acids is 1. The molecule has 0 unspecified atom stereocenters. The van der Waals surface area contributed by atoms with Crippen LogP contribution in [0.3, 0.4) is 0 Å². The minimum absolute atomic E-state index is 0.216. The van der Waals surface area contributed by atoms with Gasteiger partial charge >= 0.3 is 0 Å². The molecule has 1 fully saturated rings. The van der Waals surface area contributed by atoms with Crippen molar-refractivity contribution in [2.24, 2.45) is 0 Å². The van der Waals surface area contributed by atoms with Gasteiger partial charge in [0.05, 0.1) is 25.3 Å². The van der Waals surface area contributed by atoms with Crippen LogP contribution in [0.5, 0.6) is 0 Å². The molecular formula is C15H19N2O2+. The summed E-state index contributed by atoms with van der Waals surface area (Å²) in [5.74, 6) is 0.216. The van der Waals surface area contributed by atoms with E-state index in [0.29, 0.717) is 12.5 Å². The number of nitrogens with one attached hydrogen (secondary N) is 2. The van der Waals surface area contributed by atoms with Crippen molar-refractivity contribution in [3.8, 4) is 0 Å². The highest BCUT2D eigenvalue weighted by Gasteiger charge is 2.32. The van der Waals surface area contributed by atoms with Crippen LogP contribution in [0, 0.1) is 0 Å². The number of morpholine rings is 1.